The second-order valence-corrected chi connectivity index (χ2v) is 5.32. The van der Waals surface area contributed by atoms with E-state index in [-0.39, 0.29) is 0 Å². The molecule has 1 aliphatic heterocycles. The van der Waals surface area contributed by atoms with Crippen LogP contribution in [0.15, 0.2) is 18.2 Å². The number of hydrogen-bond donors (Lipinski definition) is 1. The number of benzene rings is 1. The number of halogens is 1. The van der Waals surface area contributed by atoms with Gasteiger partial charge in [-0.25, -0.2) is 0 Å². The molecule has 0 saturated carbocycles. The Labute approximate surface area is 126 Å². The molecule has 0 unspecified atom stereocenters. The van der Waals surface area contributed by atoms with E-state index in [2.05, 4.69) is 22.3 Å². The topological polar surface area (TPSA) is 33.7 Å². The summed E-state index contributed by atoms with van der Waals surface area (Å²) >= 11 is 6.42. The Morgan fingerprint density at radius 3 is 3.05 bits per heavy atom. The molecule has 112 valence electrons. The number of rotatable bonds is 6. The van der Waals surface area contributed by atoms with Crippen molar-refractivity contribution in [3.05, 3.63) is 28.8 Å². The summed E-state index contributed by atoms with van der Waals surface area (Å²) in [5.74, 6) is 0. The van der Waals surface area contributed by atoms with Gasteiger partial charge in [0.2, 0.25) is 0 Å². The van der Waals surface area contributed by atoms with Gasteiger partial charge >= 0.3 is 0 Å². The molecule has 4 nitrogen and oxygen atoms in total. The molecule has 0 bridgehead atoms. The minimum atomic E-state index is 0.722. The lowest BCUT2D eigenvalue weighted by molar-refractivity contribution is 0.152. The highest BCUT2D eigenvalue weighted by Gasteiger charge is 2.13. The average Bonchev–Trinajstić information content (AvgIpc) is 2.73. The fourth-order valence-electron chi connectivity index (χ4n) is 2.31. The number of ether oxygens (including phenoxy) is 2. The number of hydrogen-bond acceptors (Lipinski definition) is 4. The first-order chi connectivity index (χ1) is 9.81. The molecule has 1 heterocycles. The zero-order valence-electron chi connectivity index (χ0n) is 12.0. The van der Waals surface area contributed by atoms with E-state index >= 15 is 0 Å². The van der Waals surface area contributed by atoms with Crippen molar-refractivity contribution in [2.24, 2.45) is 0 Å². The quantitative estimate of drug-likeness (QED) is 0.817. The van der Waals surface area contributed by atoms with Gasteiger partial charge in [0.1, 0.15) is 0 Å². The van der Waals surface area contributed by atoms with E-state index in [0.717, 1.165) is 63.1 Å². The van der Waals surface area contributed by atoms with Crippen LogP contribution in [-0.2, 0) is 16.0 Å². The summed E-state index contributed by atoms with van der Waals surface area (Å²) in [6.45, 7) is 5.91. The molecule has 0 radical (unpaired) electrons. The summed E-state index contributed by atoms with van der Waals surface area (Å²) in [5, 5.41) is 4.14. The first-order valence-corrected chi connectivity index (χ1v) is 7.50. The molecule has 0 aliphatic carbocycles. The van der Waals surface area contributed by atoms with Crippen LogP contribution in [0.4, 0.5) is 5.69 Å². The fourth-order valence-corrected chi connectivity index (χ4v) is 2.63. The van der Waals surface area contributed by atoms with E-state index in [9.17, 15) is 0 Å². The van der Waals surface area contributed by atoms with Crippen molar-refractivity contribution < 1.29 is 9.47 Å². The van der Waals surface area contributed by atoms with Gasteiger partial charge in [-0.15, -0.1) is 0 Å². The van der Waals surface area contributed by atoms with Gasteiger partial charge in [0, 0.05) is 39.9 Å². The summed E-state index contributed by atoms with van der Waals surface area (Å²) in [6.07, 6.45) is 1.05. The number of nitrogens with zero attached hydrogens (tertiary/aromatic N) is 1. The minimum Gasteiger partial charge on any atom is -0.383 e. The molecule has 1 fully saturated rings. The molecule has 1 N–H and O–H groups in total. The van der Waals surface area contributed by atoms with Gasteiger partial charge in [0.15, 0.2) is 0 Å². The van der Waals surface area contributed by atoms with Crippen LogP contribution in [0.1, 0.15) is 12.0 Å². The summed E-state index contributed by atoms with van der Waals surface area (Å²) in [7, 11) is 1.71. The second kappa shape index (κ2) is 8.47. The highest BCUT2D eigenvalue weighted by molar-refractivity contribution is 6.33. The Kier molecular flexibility index (Phi) is 6.60. The Balaban J connectivity index is 1.94. The molecule has 1 aromatic rings. The third-order valence-electron chi connectivity index (χ3n) is 3.39. The zero-order chi connectivity index (χ0) is 14.2. The molecule has 0 atom stereocenters. The predicted octanol–water partition coefficient (Wildman–Crippen LogP) is 2.30. The molecule has 0 spiro atoms. The van der Waals surface area contributed by atoms with Gasteiger partial charge in [-0.05, 0) is 24.1 Å². The maximum atomic E-state index is 6.42. The maximum absolute atomic E-state index is 6.42. The van der Waals surface area contributed by atoms with Gasteiger partial charge in [-0.2, -0.15) is 0 Å². The fraction of sp³-hybridized carbons (Fsp3) is 0.600. The summed E-state index contributed by atoms with van der Waals surface area (Å²) < 4.78 is 10.5. The van der Waals surface area contributed by atoms with Crippen molar-refractivity contribution >= 4 is 17.3 Å². The first-order valence-electron chi connectivity index (χ1n) is 7.12. The first kappa shape index (κ1) is 15.6. The van der Waals surface area contributed by atoms with Crippen molar-refractivity contribution in [2.45, 2.75) is 13.0 Å². The van der Waals surface area contributed by atoms with Crippen LogP contribution in [0, 0.1) is 0 Å². The van der Waals surface area contributed by atoms with E-state index in [4.69, 9.17) is 21.1 Å². The molecular weight excluding hydrogens is 276 g/mol. The largest absolute Gasteiger partial charge is 0.383 e. The van der Waals surface area contributed by atoms with Crippen LogP contribution in [0.25, 0.3) is 0 Å². The molecule has 1 saturated heterocycles. The maximum Gasteiger partial charge on any atom is 0.0642 e. The lowest BCUT2D eigenvalue weighted by Crippen LogP contribution is -2.26. The van der Waals surface area contributed by atoms with Gasteiger partial charge in [0.05, 0.1) is 23.9 Å². The molecule has 0 aromatic heterocycles. The molecular formula is C15H23ClN2O2. The summed E-state index contributed by atoms with van der Waals surface area (Å²) in [4.78, 5) is 2.30. The van der Waals surface area contributed by atoms with E-state index in [1.54, 1.807) is 7.11 Å². The lowest BCUT2D eigenvalue weighted by Gasteiger charge is -2.23. The third-order valence-corrected chi connectivity index (χ3v) is 3.69. The van der Waals surface area contributed by atoms with Gasteiger partial charge in [0.25, 0.3) is 0 Å². The summed E-state index contributed by atoms with van der Waals surface area (Å²) in [6, 6.07) is 6.29. The van der Waals surface area contributed by atoms with Gasteiger partial charge < -0.3 is 19.7 Å². The SMILES string of the molecule is COCCNCc1ccc(N2CCCOCC2)c(Cl)c1. The van der Waals surface area contributed by atoms with Crippen LogP contribution in [0.2, 0.25) is 5.02 Å². The number of methoxy groups -OCH3 is 1. The number of nitrogens with one attached hydrogen (secondary N) is 1. The van der Waals surface area contributed by atoms with Crippen LogP contribution >= 0.6 is 11.6 Å². The molecule has 1 aromatic carbocycles. The van der Waals surface area contributed by atoms with Gasteiger partial charge in [-0.1, -0.05) is 17.7 Å². The number of anilines is 1. The van der Waals surface area contributed by atoms with Gasteiger partial charge in [-0.3, -0.25) is 0 Å². The highest BCUT2D eigenvalue weighted by atomic mass is 35.5. The van der Waals surface area contributed by atoms with Crippen molar-refractivity contribution in [2.75, 3.05) is 51.5 Å². The Morgan fingerprint density at radius 1 is 1.35 bits per heavy atom. The molecule has 2 rings (SSSR count). The molecule has 20 heavy (non-hydrogen) atoms. The standard InChI is InChI=1S/C15H23ClN2O2/c1-19-9-5-17-12-13-3-4-15(14(16)11-13)18-6-2-8-20-10-7-18/h3-4,11,17H,2,5-10,12H2,1H3. The van der Waals surface area contributed by atoms with Crippen molar-refractivity contribution in [3.63, 3.8) is 0 Å². The van der Waals surface area contributed by atoms with Crippen molar-refractivity contribution in [1.29, 1.82) is 0 Å². The van der Waals surface area contributed by atoms with Crippen LogP contribution in [0.5, 0.6) is 0 Å². The Hall–Kier alpha value is -0.810. The minimum absolute atomic E-state index is 0.722. The lowest BCUT2D eigenvalue weighted by atomic mass is 10.2. The Morgan fingerprint density at radius 2 is 2.25 bits per heavy atom. The van der Waals surface area contributed by atoms with E-state index in [0.29, 0.717) is 0 Å². The zero-order valence-corrected chi connectivity index (χ0v) is 12.8. The van der Waals surface area contributed by atoms with E-state index in [1.807, 2.05) is 6.07 Å². The monoisotopic (exact) mass is 298 g/mol. The second-order valence-electron chi connectivity index (χ2n) is 4.91. The van der Waals surface area contributed by atoms with Crippen molar-refractivity contribution in [1.82, 2.24) is 5.32 Å². The van der Waals surface area contributed by atoms with Crippen LogP contribution in [-0.4, -0.2) is 46.6 Å². The highest BCUT2D eigenvalue weighted by Crippen LogP contribution is 2.27. The smallest absolute Gasteiger partial charge is 0.0642 e. The molecule has 5 heteroatoms. The molecule has 1 aliphatic rings. The Bertz CT molecular complexity index is 407. The third kappa shape index (κ3) is 4.63. The van der Waals surface area contributed by atoms with E-state index in [1.165, 1.54) is 5.56 Å². The van der Waals surface area contributed by atoms with Crippen LogP contribution in [0.3, 0.4) is 0 Å². The van der Waals surface area contributed by atoms with Crippen molar-refractivity contribution in [3.8, 4) is 0 Å². The predicted molar refractivity (Wildman–Crippen MR) is 82.7 cm³/mol. The van der Waals surface area contributed by atoms with E-state index < -0.39 is 0 Å². The molecule has 0 amide bonds. The summed E-state index contributed by atoms with van der Waals surface area (Å²) in [5.41, 5.74) is 2.30. The normalized spacial score (nSPS) is 16.2. The average molecular weight is 299 g/mol. The van der Waals surface area contributed by atoms with Crippen LogP contribution < -0.4 is 10.2 Å².